The van der Waals surface area contributed by atoms with Crippen LogP contribution in [0.1, 0.15) is 51.3 Å². The van der Waals surface area contributed by atoms with Gasteiger partial charge in [-0.25, -0.2) is 0 Å². The number of nitrogens with zero attached hydrogens (tertiary/aromatic N) is 2. The van der Waals surface area contributed by atoms with E-state index >= 15 is 0 Å². The molecule has 21 heavy (non-hydrogen) atoms. The van der Waals surface area contributed by atoms with E-state index in [1.165, 1.54) is 0 Å². The van der Waals surface area contributed by atoms with Crippen molar-refractivity contribution in [1.29, 1.82) is 0 Å². The van der Waals surface area contributed by atoms with Crippen molar-refractivity contribution in [2.24, 2.45) is 5.92 Å². The van der Waals surface area contributed by atoms with E-state index in [9.17, 15) is 13.2 Å². The molecule has 2 heterocycles. The van der Waals surface area contributed by atoms with Crippen LogP contribution in [0.15, 0.2) is 12.3 Å². The molecule has 0 bridgehead atoms. The molecule has 0 aliphatic carbocycles. The van der Waals surface area contributed by atoms with Crippen LogP contribution in [0.4, 0.5) is 13.2 Å². The zero-order valence-electron chi connectivity index (χ0n) is 12.7. The minimum absolute atomic E-state index is 0.129. The average molecular weight is 303 g/mol. The molecule has 0 aromatic carbocycles. The van der Waals surface area contributed by atoms with Crippen molar-refractivity contribution >= 4 is 0 Å². The predicted molar refractivity (Wildman–Crippen MR) is 76.1 cm³/mol. The lowest BCUT2D eigenvalue weighted by molar-refractivity contribution is -0.183. The average Bonchev–Trinajstić information content (AvgIpc) is 2.88. The molecule has 2 unspecified atom stereocenters. The quantitative estimate of drug-likeness (QED) is 0.898. The first kappa shape index (κ1) is 16.3. The van der Waals surface area contributed by atoms with Gasteiger partial charge in [-0.2, -0.15) is 18.3 Å². The Morgan fingerprint density at radius 3 is 2.71 bits per heavy atom. The third-order valence-corrected chi connectivity index (χ3v) is 4.39. The third kappa shape index (κ3) is 4.22. The topological polar surface area (TPSA) is 29.9 Å². The Kier molecular flexibility index (Phi) is 5.30. The summed E-state index contributed by atoms with van der Waals surface area (Å²) in [5.41, 5.74) is 0.877. The van der Waals surface area contributed by atoms with Crippen LogP contribution >= 0.6 is 0 Å². The summed E-state index contributed by atoms with van der Waals surface area (Å²) in [6, 6.07) is 2.17. The van der Waals surface area contributed by atoms with E-state index in [0.29, 0.717) is 19.0 Å². The monoisotopic (exact) mass is 303 g/mol. The van der Waals surface area contributed by atoms with Crippen LogP contribution in [0.5, 0.6) is 0 Å². The Labute approximate surface area is 123 Å². The second-order valence-corrected chi connectivity index (χ2v) is 5.88. The maximum Gasteiger partial charge on any atom is 0.391 e. The van der Waals surface area contributed by atoms with Crippen molar-refractivity contribution in [1.82, 2.24) is 15.1 Å². The van der Waals surface area contributed by atoms with Gasteiger partial charge in [-0.05, 0) is 38.3 Å². The number of nitrogens with one attached hydrogen (secondary N) is 1. The van der Waals surface area contributed by atoms with Gasteiger partial charge in [0.2, 0.25) is 0 Å². The van der Waals surface area contributed by atoms with Crippen LogP contribution < -0.4 is 5.32 Å². The zero-order valence-corrected chi connectivity index (χ0v) is 12.7. The van der Waals surface area contributed by atoms with Gasteiger partial charge in [0.15, 0.2) is 0 Å². The van der Waals surface area contributed by atoms with Crippen LogP contribution in [-0.2, 0) is 6.42 Å². The van der Waals surface area contributed by atoms with Crippen molar-refractivity contribution in [3.63, 3.8) is 0 Å². The van der Waals surface area contributed by atoms with Crippen molar-refractivity contribution in [2.45, 2.75) is 64.2 Å². The molecule has 1 aliphatic heterocycles. The second-order valence-electron chi connectivity index (χ2n) is 5.88. The normalized spacial score (nSPS) is 23.7. The van der Waals surface area contributed by atoms with E-state index in [1.807, 2.05) is 16.9 Å². The minimum Gasteiger partial charge on any atom is -0.314 e. The molecular formula is C15H24F3N3. The lowest BCUT2D eigenvalue weighted by Gasteiger charge is -2.31. The van der Waals surface area contributed by atoms with Crippen LogP contribution in [0.3, 0.4) is 0 Å². The lowest BCUT2D eigenvalue weighted by Crippen LogP contribution is -2.43. The Morgan fingerprint density at radius 2 is 2.10 bits per heavy atom. The molecule has 6 heteroatoms. The molecule has 2 atom stereocenters. The molecule has 1 aromatic rings. The summed E-state index contributed by atoms with van der Waals surface area (Å²) in [7, 11) is 0. The summed E-state index contributed by atoms with van der Waals surface area (Å²) < 4.78 is 40.4. The number of hydrogen-bond acceptors (Lipinski definition) is 2. The molecule has 1 N–H and O–H groups in total. The summed E-state index contributed by atoms with van der Waals surface area (Å²) in [5, 5.41) is 7.72. The van der Waals surface area contributed by atoms with Crippen LogP contribution in [0.25, 0.3) is 0 Å². The molecule has 1 saturated heterocycles. The number of alkyl halides is 3. The fourth-order valence-corrected chi connectivity index (χ4v) is 3.06. The van der Waals surface area contributed by atoms with E-state index in [0.717, 1.165) is 18.5 Å². The highest BCUT2D eigenvalue weighted by Gasteiger charge is 2.42. The highest BCUT2D eigenvalue weighted by Crippen LogP contribution is 2.34. The molecule has 120 valence electrons. The van der Waals surface area contributed by atoms with Gasteiger partial charge in [-0.3, -0.25) is 4.68 Å². The maximum absolute atomic E-state index is 12.8. The van der Waals surface area contributed by atoms with Crippen LogP contribution in [0.2, 0.25) is 0 Å². The summed E-state index contributed by atoms with van der Waals surface area (Å²) in [4.78, 5) is 0. The van der Waals surface area contributed by atoms with Gasteiger partial charge in [-0.1, -0.05) is 13.8 Å². The van der Waals surface area contributed by atoms with Crippen molar-refractivity contribution in [3.8, 4) is 0 Å². The molecule has 2 rings (SSSR count). The molecule has 3 nitrogen and oxygen atoms in total. The van der Waals surface area contributed by atoms with Gasteiger partial charge >= 0.3 is 6.18 Å². The number of piperidine rings is 1. The molecule has 0 amide bonds. The lowest BCUT2D eigenvalue weighted by atomic mass is 9.90. The molecule has 1 aliphatic rings. The first-order chi connectivity index (χ1) is 9.94. The van der Waals surface area contributed by atoms with Gasteiger partial charge < -0.3 is 5.32 Å². The first-order valence-electron chi connectivity index (χ1n) is 7.78. The number of rotatable bonds is 5. The van der Waals surface area contributed by atoms with E-state index in [1.54, 1.807) is 0 Å². The molecule has 1 fully saturated rings. The van der Waals surface area contributed by atoms with Crippen molar-refractivity contribution in [2.75, 3.05) is 6.54 Å². The van der Waals surface area contributed by atoms with Crippen molar-refractivity contribution < 1.29 is 13.2 Å². The summed E-state index contributed by atoms with van der Waals surface area (Å²) in [6.07, 6.45) is 0.792. The summed E-state index contributed by atoms with van der Waals surface area (Å²) in [6.45, 7) is 4.67. The van der Waals surface area contributed by atoms with Gasteiger partial charge in [-0.15, -0.1) is 0 Å². The standard InChI is InChI=1S/C15H24F3N3/c1-3-14(4-2)21-8-6-12(20-21)10-13-9-11(5-7-19-13)15(16,17)18/h6,8,11,13-14,19H,3-5,7,9-10H2,1-2H3. The Morgan fingerprint density at radius 1 is 1.38 bits per heavy atom. The van der Waals surface area contributed by atoms with Gasteiger partial charge in [0.05, 0.1) is 17.7 Å². The fourth-order valence-electron chi connectivity index (χ4n) is 3.06. The zero-order chi connectivity index (χ0) is 15.5. The smallest absolute Gasteiger partial charge is 0.314 e. The van der Waals surface area contributed by atoms with Crippen LogP contribution in [0, 0.1) is 5.92 Å². The van der Waals surface area contributed by atoms with E-state index in [4.69, 9.17) is 0 Å². The first-order valence-corrected chi connectivity index (χ1v) is 7.78. The Hall–Kier alpha value is -1.04. The summed E-state index contributed by atoms with van der Waals surface area (Å²) >= 11 is 0. The van der Waals surface area contributed by atoms with Crippen molar-refractivity contribution in [3.05, 3.63) is 18.0 Å². The van der Waals surface area contributed by atoms with Gasteiger partial charge in [0, 0.05) is 18.7 Å². The SMILES string of the molecule is CCC(CC)n1ccc(CC2CC(C(F)(F)F)CCN2)n1. The highest BCUT2D eigenvalue weighted by atomic mass is 19.4. The Balaban J connectivity index is 1.95. The van der Waals surface area contributed by atoms with E-state index in [-0.39, 0.29) is 18.9 Å². The molecular weight excluding hydrogens is 279 g/mol. The molecule has 0 radical (unpaired) electrons. The van der Waals surface area contributed by atoms with E-state index < -0.39 is 12.1 Å². The maximum atomic E-state index is 12.8. The highest BCUT2D eigenvalue weighted by molar-refractivity contribution is 5.03. The van der Waals surface area contributed by atoms with Crippen LogP contribution in [-0.4, -0.2) is 28.5 Å². The molecule has 0 spiro atoms. The van der Waals surface area contributed by atoms with E-state index in [2.05, 4.69) is 24.3 Å². The number of halogens is 3. The Bertz CT molecular complexity index is 438. The number of hydrogen-bond donors (Lipinski definition) is 1. The molecule has 0 saturated carbocycles. The predicted octanol–water partition coefficient (Wildman–Crippen LogP) is 3.72. The third-order valence-electron chi connectivity index (χ3n) is 4.39. The fraction of sp³-hybridized carbons (Fsp3) is 0.800. The summed E-state index contributed by atoms with van der Waals surface area (Å²) in [5.74, 6) is -1.18. The van der Waals surface area contributed by atoms with Gasteiger partial charge in [0.1, 0.15) is 0 Å². The minimum atomic E-state index is -4.07. The van der Waals surface area contributed by atoms with Gasteiger partial charge in [0.25, 0.3) is 0 Å². The largest absolute Gasteiger partial charge is 0.391 e. The number of aromatic nitrogens is 2. The second kappa shape index (κ2) is 6.81. The molecule has 1 aromatic heterocycles.